The highest BCUT2D eigenvalue weighted by Gasteiger charge is 2.16. The van der Waals surface area contributed by atoms with E-state index >= 15 is 0 Å². The van der Waals surface area contributed by atoms with Gasteiger partial charge in [-0.1, -0.05) is 72.8 Å². The van der Waals surface area contributed by atoms with Crippen LogP contribution in [-0.2, 0) is 12.8 Å². The lowest BCUT2D eigenvalue weighted by molar-refractivity contribution is 0.147. The minimum Gasteiger partial charge on any atom is -0.375 e. The minimum absolute atomic E-state index is 0.197. The van der Waals surface area contributed by atoms with Gasteiger partial charge >= 0.3 is 6.16 Å². The predicted molar refractivity (Wildman–Crippen MR) is 160 cm³/mol. The van der Waals surface area contributed by atoms with Crippen LogP contribution in [0.5, 0.6) is 11.8 Å². The van der Waals surface area contributed by atoms with Gasteiger partial charge < -0.3 is 9.47 Å². The molecule has 0 unspecified atom stereocenters. The van der Waals surface area contributed by atoms with Crippen molar-refractivity contribution in [1.82, 2.24) is 19.9 Å². The number of hydrogen-bond acceptors (Lipinski definition) is 7. The van der Waals surface area contributed by atoms with Crippen molar-refractivity contribution >= 4 is 6.16 Å². The molecule has 0 spiro atoms. The van der Waals surface area contributed by atoms with Crippen molar-refractivity contribution in [2.45, 2.75) is 12.8 Å². The van der Waals surface area contributed by atoms with Gasteiger partial charge in [-0.05, 0) is 57.6 Å². The second-order valence-corrected chi connectivity index (χ2v) is 9.62. The van der Waals surface area contributed by atoms with Gasteiger partial charge in [-0.2, -0.15) is 0 Å². The first-order valence-electron chi connectivity index (χ1n) is 13.5. The van der Waals surface area contributed by atoms with Crippen LogP contribution >= 0.6 is 0 Å². The largest absolute Gasteiger partial charge is 0.522 e. The monoisotopic (exact) mass is 550 g/mol. The first kappa shape index (κ1) is 26.5. The zero-order valence-electron chi connectivity index (χ0n) is 22.6. The Morgan fingerprint density at radius 3 is 1.33 bits per heavy atom. The molecule has 0 radical (unpaired) electrons. The number of hydrogen-bond donors (Lipinski definition) is 0. The Labute approximate surface area is 243 Å². The molecule has 0 amide bonds. The molecule has 7 heteroatoms. The molecule has 0 aliphatic rings. The normalized spacial score (nSPS) is 10.7. The molecule has 0 atom stereocenters. The van der Waals surface area contributed by atoms with Crippen LogP contribution in [0.25, 0.3) is 22.3 Å². The quantitative estimate of drug-likeness (QED) is 0.183. The Hall–Kier alpha value is -5.69. The smallest absolute Gasteiger partial charge is 0.375 e. The molecule has 0 N–H and O–H groups in total. The van der Waals surface area contributed by atoms with E-state index in [9.17, 15) is 4.79 Å². The highest BCUT2D eigenvalue weighted by Crippen LogP contribution is 2.25. The molecule has 4 heterocycles. The Balaban J connectivity index is 1.12. The molecular weight excluding hydrogens is 524 g/mol. The summed E-state index contributed by atoms with van der Waals surface area (Å²) in [6.07, 6.45) is 10.5. The summed E-state index contributed by atoms with van der Waals surface area (Å²) in [6, 6.07) is 31.6. The summed E-state index contributed by atoms with van der Waals surface area (Å²) in [5, 5.41) is 0. The summed E-state index contributed by atoms with van der Waals surface area (Å²) >= 11 is 0. The fourth-order valence-electron chi connectivity index (χ4n) is 4.62. The number of carbonyl (C=O) groups excluding carboxylic acids is 1. The first-order chi connectivity index (χ1) is 20.7. The summed E-state index contributed by atoms with van der Waals surface area (Å²) in [5.41, 5.74) is 7.88. The van der Waals surface area contributed by atoms with Gasteiger partial charge in [-0.15, -0.1) is 0 Å². The standard InChI is InChI=1S/C35H26N4O3/c40-35(41-33-29(5-3-19-38-33)21-25-9-13-27(14-10-25)31-7-1-17-36-23-31)42-34-30(6-4-20-39-34)22-26-11-15-28(16-12-26)32-8-2-18-37-24-32/h1-20,23-24H,21-22H2. The van der Waals surface area contributed by atoms with E-state index in [1.54, 1.807) is 24.8 Å². The zero-order chi connectivity index (χ0) is 28.6. The van der Waals surface area contributed by atoms with E-state index in [0.29, 0.717) is 12.8 Å². The van der Waals surface area contributed by atoms with E-state index in [4.69, 9.17) is 9.47 Å². The van der Waals surface area contributed by atoms with Crippen LogP contribution in [0.1, 0.15) is 22.3 Å². The molecule has 42 heavy (non-hydrogen) atoms. The second kappa shape index (κ2) is 12.7. The number of pyridine rings is 4. The van der Waals surface area contributed by atoms with E-state index in [0.717, 1.165) is 44.5 Å². The maximum absolute atomic E-state index is 12.9. The van der Waals surface area contributed by atoms with E-state index in [1.807, 2.05) is 109 Å². The predicted octanol–water partition coefficient (Wildman–Crippen LogP) is 7.36. The maximum Gasteiger partial charge on any atom is 0.522 e. The number of benzene rings is 2. The molecule has 0 saturated carbocycles. The van der Waals surface area contributed by atoms with Crippen LogP contribution in [-0.4, -0.2) is 26.1 Å². The van der Waals surface area contributed by atoms with Gasteiger partial charge in [0.25, 0.3) is 0 Å². The van der Waals surface area contributed by atoms with Gasteiger partial charge in [0.05, 0.1) is 0 Å². The lowest BCUT2D eigenvalue weighted by Crippen LogP contribution is -2.17. The molecular formula is C35H26N4O3. The molecule has 2 aromatic carbocycles. The summed E-state index contributed by atoms with van der Waals surface area (Å²) in [7, 11) is 0. The molecule has 0 aliphatic carbocycles. The van der Waals surface area contributed by atoms with Gasteiger partial charge in [-0.25, -0.2) is 14.8 Å². The van der Waals surface area contributed by atoms with Crippen LogP contribution in [0.3, 0.4) is 0 Å². The van der Waals surface area contributed by atoms with E-state index in [1.165, 1.54) is 0 Å². The van der Waals surface area contributed by atoms with Crippen molar-refractivity contribution in [3.8, 4) is 34.0 Å². The van der Waals surface area contributed by atoms with Crippen molar-refractivity contribution in [2.24, 2.45) is 0 Å². The molecule has 0 saturated heterocycles. The highest BCUT2D eigenvalue weighted by atomic mass is 16.7. The third-order valence-corrected chi connectivity index (χ3v) is 6.75. The molecule has 0 fully saturated rings. The number of aromatic nitrogens is 4. The average molecular weight is 551 g/mol. The van der Waals surface area contributed by atoms with Gasteiger partial charge in [-0.3, -0.25) is 9.97 Å². The van der Waals surface area contributed by atoms with Gasteiger partial charge in [0.15, 0.2) is 0 Å². The van der Waals surface area contributed by atoms with Gasteiger partial charge in [0, 0.05) is 61.1 Å². The van der Waals surface area contributed by atoms with Crippen molar-refractivity contribution in [3.63, 3.8) is 0 Å². The topological polar surface area (TPSA) is 87.1 Å². The van der Waals surface area contributed by atoms with Crippen LogP contribution in [0.2, 0.25) is 0 Å². The lowest BCUT2D eigenvalue weighted by atomic mass is 10.0. The Bertz CT molecular complexity index is 1640. The molecule has 0 bridgehead atoms. The lowest BCUT2D eigenvalue weighted by Gasteiger charge is -2.11. The van der Waals surface area contributed by atoms with E-state index in [-0.39, 0.29) is 11.8 Å². The fraction of sp³-hybridized carbons (Fsp3) is 0.0571. The summed E-state index contributed by atoms with van der Waals surface area (Å²) in [5.74, 6) is 0.393. The Morgan fingerprint density at radius 1 is 0.500 bits per heavy atom. The molecule has 204 valence electrons. The van der Waals surface area contributed by atoms with Crippen molar-refractivity contribution < 1.29 is 14.3 Å². The van der Waals surface area contributed by atoms with Crippen LogP contribution < -0.4 is 9.47 Å². The number of nitrogens with zero attached hydrogens (tertiary/aromatic N) is 4. The summed E-state index contributed by atoms with van der Waals surface area (Å²) < 4.78 is 11.1. The Morgan fingerprint density at radius 2 is 0.929 bits per heavy atom. The van der Waals surface area contributed by atoms with Crippen molar-refractivity contribution in [1.29, 1.82) is 0 Å². The van der Waals surface area contributed by atoms with Gasteiger partial charge in [0.2, 0.25) is 11.8 Å². The zero-order valence-corrected chi connectivity index (χ0v) is 22.6. The molecule has 7 nitrogen and oxygen atoms in total. The van der Waals surface area contributed by atoms with Crippen molar-refractivity contribution in [3.05, 3.63) is 156 Å². The SMILES string of the molecule is O=C(Oc1ncccc1Cc1ccc(-c2cccnc2)cc1)Oc1ncccc1Cc1ccc(-c2cccnc2)cc1. The number of ether oxygens (including phenoxy) is 2. The van der Waals surface area contributed by atoms with Crippen LogP contribution in [0.4, 0.5) is 4.79 Å². The maximum atomic E-state index is 12.9. The molecule has 6 rings (SSSR count). The second-order valence-electron chi connectivity index (χ2n) is 9.62. The third kappa shape index (κ3) is 6.54. The summed E-state index contributed by atoms with van der Waals surface area (Å²) in [4.78, 5) is 29.8. The third-order valence-electron chi connectivity index (χ3n) is 6.75. The van der Waals surface area contributed by atoms with Crippen LogP contribution in [0, 0.1) is 0 Å². The molecule has 4 aromatic heterocycles. The van der Waals surface area contributed by atoms with E-state index in [2.05, 4.69) is 19.9 Å². The number of carbonyl (C=O) groups is 1. The molecule has 0 aliphatic heterocycles. The van der Waals surface area contributed by atoms with Crippen LogP contribution in [0.15, 0.2) is 134 Å². The Kier molecular flexibility index (Phi) is 7.99. The van der Waals surface area contributed by atoms with Crippen molar-refractivity contribution in [2.75, 3.05) is 0 Å². The van der Waals surface area contributed by atoms with E-state index < -0.39 is 6.16 Å². The minimum atomic E-state index is -0.895. The summed E-state index contributed by atoms with van der Waals surface area (Å²) in [6.45, 7) is 0. The number of rotatable bonds is 8. The molecule has 6 aromatic rings. The fourth-order valence-corrected chi connectivity index (χ4v) is 4.62. The van der Waals surface area contributed by atoms with Gasteiger partial charge in [0.1, 0.15) is 0 Å². The highest BCUT2D eigenvalue weighted by molar-refractivity contribution is 5.67. The average Bonchev–Trinajstić information content (AvgIpc) is 3.04. The first-order valence-corrected chi connectivity index (χ1v) is 13.5.